The van der Waals surface area contributed by atoms with Crippen LogP contribution in [-0.4, -0.2) is 54.2 Å². The molecular weight excluding hydrogens is 486 g/mol. The van der Waals surface area contributed by atoms with Crippen LogP contribution >= 0.6 is 22.9 Å². The van der Waals surface area contributed by atoms with Gasteiger partial charge in [-0.2, -0.15) is 0 Å². The van der Waals surface area contributed by atoms with Crippen LogP contribution in [0.4, 0.5) is 0 Å². The number of carbonyl (C=O) groups excluding carboxylic acids is 1. The zero-order chi connectivity index (χ0) is 24.6. The minimum atomic E-state index is -3.53. The van der Waals surface area contributed by atoms with Gasteiger partial charge in [-0.25, -0.2) is 8.42 Å². The molecule has 10 heteroatoms. The summed E-state index contributed by atoms with van der Waals surface area (Å²) in [5, 5.41) is 31.8. The predicted molar refractivity (Wildman–Crippen MR) is 132 cm³/mol. The second-order valence-corrected chi connectivity index (χ2v) is 12.1. The summed E-state index contributed by atoms with van der Waals surface area (Å²) >= 11 is 7.70. The van der Waals surface area contributed by atoms with Gasteiger partial charge in [-0.3, -0.25) is 9.52 Å². The maximum Gasteiger partial charge on any atom is 0.233 e. The molecule has 186 valence electrons. The van der Waals surface area contributed by atoms with Crippen molar-refractivity contribution in [1.29, 1.82) is 0 Å². The molecule has 0 aliphatic heterocycles. The third-order valence-corrected chi connectivity index (χ3v) is 7.93. The molecule has 1 aliphatic rings. The lowest BCUT2D eigenvalue weighted by Gasteiger charge is -2.19. The highest BCUT2D eigenvalue weighted by Crippen LogP contribution is 2.36. The highest BCUT2D eigenvalue weighted by molar-refractivity contribution is 7.89. The number of aryl methyl sites for hydroxylation is 2. The van der Waals surface area contributed by atoms with Crippen LogP contribution in [0.1, 0.15) is 48.3 Å². The number of halogens is 1. The van der Waals surface area contributed by atoms with Crippen molar-refractivity contribution in [3.8, 4) is 0 Å². The van der Waals surface area contributed by atoms with Crippen LogP contribution in [0.25, 0.3) is 0 Å². The summed E-state index contributed by atoms with van der Waals surface area (Å²) in [6.45, 7) is 1.96. The Balaban J connectivity index is 1.79. The Bertz CT molecular complexity index is 923. The second kappa shape index (κ2) is 13.0. The number of rotatable bonds is 12. The number of allylic oxidation sites excluding steroid dienone is 2. The molecule has 0 spiro atoms. The number of hydrogen-bond donors (Lipinski definition) is 4. The van der Waals surface area contributed by atoms with Gasteiger partial charge in [-0.1, -0.05) is 35.9 Å². The quantitative estimate of drug-likeness (QED) is 0.248. The number of thiophene rings is 1. The van der Waals surface area contributed by atoms with Crippen LogP contribution in [0.2, 0.25) is 5.02 Å². The molecule has 1 aromatic rings. The van der Waals surface area contributed by atoms with Crippen molar-refractivity contribution in [1.82, 2.24) is 4.72 Å². The van der Waals surface area contributed by atoms with Gasteiger partial charge in [0.15, 0.2) is 0 Å². The summed E-state index contributed by atoms with van der Waals surface area (Å²) < 4.78 is 23.9. The topological polar surface area (TPSA) is 124 Å². The highest BCUT2D eigenvalue weighted by Gasteiger charge is 2.39. The summed E-state index contributed by atoms with van der Waals surface area (Å²) in [5.74, 6) is -0.938. The molecule has 1 heterocycles. The molecule has 0 aromatic carbocycles. The van der Waals surface area contributed by atoms with Crippen molar-refractivity contribution in [2.45, 2.75) is 70.2 Å². The SMILES string of the molecule is Cc1sc(CC[C@@H](O)/C=C/[C@H]2[C@H](C/C=C\CCCC(=O)NS(C)(=O)=O)[C@H](O)C[C@@H]2O)cc1Cl. The summed E-state index contributed by atoms with van der Waals surface area (Å²) in [7, 11) is -3.53. The molecule has 1 fully saturated rings. The Labute approximate surface area is 205 Å². The Morgan fingerprint density at radius 3 is 2.70 bits per heavy atom. The van der Waals surface area contributed by atoms with E-state index in [-0.39, 0.29) is 18.3 Å². The van der Waals surface area contributed by atoms with E-state index in [0.29, 0.717) is 38.5 Å². The lowest BCUT2D eigenvalue weighted by molar-refractivity contribution is -0.119. The van der Waals surface area contributed by atoms with Crippen LogP contribution in [0, 0.1) is 18.8 Å². The van der Waals surface area contributed by atoms with E-state index in [9.17, 15) is 28.5 Å². The van der Waals surface area contributed by atoms with Crippen LogP contribution in [0.3, 0.4) is 0 Å². The van der Waals surface area contributed by atoms with Gasteiger partial charge in [0, 0.05) is 28.5 Å². The fraction of sp³-hybridized carbons (Fsp3) is 0.609. The van der Waals surface area contributed by atoms with Gasteiger partial charge in [0.2, 0.25) is 15.9 Å². The highest BCUT2D eigenvalue weighted by atomic mass is 35.5. The van der Waals surface area contributed by atoms with Gasteiger partial charge in [-0.15, -0.1) is 11.3 Å². The number of amides is 1. The van der Waals surface area contributed by atoms with E-state index in [1.54, 1.807) is 17.4 Å². The van der Waals surface area contributed by atoms with E-state index >= 15 is 0 Å². The van der Waals surface area contributed by atoms with E-state index in [2.05, 4.69) is 0 Å². The standard InChI is InChI=1S/C23H34ClNO6S2/c1-15-20(24)13-17(32-15)11-9-16(26)10-12-19-18(21(27)14-22(19)28)7-5-3-4-6-8-23(29)25-33(2,30)31/h3,5,10,12-13,16,18-19,21-22,26-28H,4,6-9,11,14H2,1-2H3,(H,25,29)/b5-3-,12-10+/t16-,18+,19+,21-,22+/m1/s1. The van der Waals surface area contributed by atoms with Gasteiger partial charge >= 0.3 is 0 Å². The number of unbranched alkanes of at least 4 members (excludes halogenated alkanes) is 1. The van der Waals surface area contributed by atoms with Crippen molar-refractivity contribution in [3.05, 3.63) is 45.1 Å². The number of nitrogens with one attached hydrogen (secondary N) is 1. The molecule has 0 unspecified atom stereocenters. The number of carbonyl (C=O) groups is 1. The zero-order valence-electron chi connectivity index (χ0n) is 19.0. The number of aliphatic hydroxyl groups excluding tert-OH is 3. The summed E-state index contributed by atoms with van der Waals surface area (Å²) in [4.78, 5) is 13.7. The summed E-state index contributed by atoms with van der Waals surface area (Å²) in [5.41, 5.74) is 0. The third-order valence-electron chi connectivity index (χ3n) is 5.71. The van der Waals surface area contributed by atoms with Crippen LogP contribution < -0.4 is 4.72 Å². The van der Waals surface area contributed by atoms with Crippen LogP contribution in [0.15, 0.2) is 30.4 Å². The Morgan fingerprint density at radius 1 is 1.33 bits per heavy atom. The Hall–Kier alpha value is -1.23. The molecule has 0 bridgehead atoms. The van der Waals surface area contributed by atoms with Gasteiger partial charge < -0.3 is 15.3 Å². The molecule has 0 radical (unpaired) electrons. The first-order valence-electron chi connectivity index (χ1n) is 11.1. The van der Waals surface area contributed by atoms with Crippen molar-refractivity contribution in [3.63, 3.8) is 0 Å². The zero-order valence-corrected chi connectivity index (χ0v) is 21.4. The lowest BCUT2D eigenvalue weighted by Crippen LogP contribution is -2.28. The minimum absolute atomic E-state index is 0.114. The van der Waals surface area contributed by atoms with E-state index in [1.165, 1.54) is 0 Å². The fourth-order valence-corrected chi connectivity index (χ4v) is 5.77. The van der Waals surface area contributed by atoms with Gasteiger partial charge in [0.1, 0.15) is 0 Å². The van der Waals surface area contributed by atoms with Crippen LogP contribution in [-0.2, 0) is 21.2 Å². The van der Waals surface area contributed by atoms with Crippen molar-refractivity contribution in [2.75, 3.05) is 6.26 Å². The van der Waals surface area contributed by atoms with Crippen molar-refractivity contribution >= 4 is 38.9 Å². The molecular formula is C23H34ClNO6S2. The van der Waals surface area contributed by atoms with E-state index in [0.717, 1.165) is 21.0 Å². The van der Waals surface area contributed by atoms with Crippen LogP contribution in [0.5, 0.6) is 0 Å². The lowest BCUT2D eigenvalue weighted by atomic mass is 9.89. The summed E-state index contributed by atoms with van der Waals surface area (Å²) in [6.07, 6.45) is 9.68. The molecule has 1 aromatic heterocycles. The maximum absolute atomic E-state index is 11.5. The second-order valence-electron chi connectivity index (χ2n) is 8.62. The molecule has 4 N–H and O–H groups in total. The molecule has 5 atom stereocenters. The first-order valence-corrected chi connectivity index (χ1v) is 14.2. The molecule has 1 amide bonds. The fourth-order valence-electron chi connectivity index (χ4n) is 4.00. The van der Waals surface area contributed by atoms with Crippen molar-refractivity contribution < 1.29 is 28.5 Å². The van der Waals surface area contributed by atoms with Gasteiger partial charge in [-0.05, 0) is 51.0 Å². The molecule has 0 saturated heterocycles. The normalized spacial score (nSPS) is 24.7. The smallest absolute Gasteiger partial charge is 0.233 e. The van der Waals surface area contributed by atoms with E-state index in [4.69, 9.17) is 11.6 Å². The number of hydrogen-bond acceptors (Lipinski definition) is 7. The third kappa shape index (κ3) is 9.88. The molecule has 7 nitrogen and oxygen atoms in total. The number of sulfonamides is 1. The van der Waals surface area contributed by atoms with Gasteiger partial charge in [0.25, 0.3) is 0 Å². The number of aliphatic hydroxyl groups is 3. The average molecular weight is 520 g/mol. The molecule has 1 saturated carbocycles. The largest absolute Gasteiger partial charge is 0.393 e. The first kappa shape index (κ1) is 28.0. The molecule has 33 heavy (non-hydrogen) atoms. The van der Waals surface area contributed by atoms with Crippen molar-refractivity contribution in [2.24, 2.45) is 11.8 Å². The maximum atomic E-state index is 11.5. The monoisotopic (exact) mass is 519 g/mol. The molecule has 2 rings (SSSR count). The van der Waals surface area contributed by atoms with E-state index in [1.807, 2.05) is 35.9 Å². The predicted octanol–water partition coefficient (Wildman–Crippen LogP) is 3.11. The van der Waals surface area contributed by atoms with E-state index < -0.39 is 34.2 Å². The van der Waals surface area contributed by atoms with Gasteiger partial charge in [0.05, 0.1) is 29.6 Å². The Kier molecular flexibility index (Phi) is 11.0. The minimum Gasteiger partial charge on any atom is -0.393 e. The summed E-state index contributed by atoms with van der Waals surface area (Å²) in [6, 6.07) is 1.93. The molecule has 1 aliphatic carbocycles. The first-order chi connectivity index (χ1) is 15.5. The average Bonchev–Trinajstić information content (AvgIpc) is 3.17. The Morgan fingerprint density at radius 2 is 2.06 bits per heavy atom.